The predicted octanol–water partition coefficient (Wildman–Crippen LogP) is 2.31. The van der Waals surface area contributed by atoms with Crippen LogP contribution in [0.1, 0.15) is 15.9 Å². The number of benzene rings is 2. The Labute approximate surface area is 153 Å². The highest BCUT2D eigenvalue weighted by Gasteiger charge is 2.23. The maximum absolute atomic E-state index is 12.8. The maximum Gasteiger partial charge on any atom is 0.337 e. The van der Waals surface area contributed by atoms with Crippen molar-refractivity contribution in [3.8, 4) is 11.5 Å². The number of carbonyl (C=O) groups is 1. The van der Waals surface area contributed by atoms with E-state index in [-0.39, 0.29) is 17.0 Å². The van der Waals surface area contributed by atoms with Crippen molar-refractivity contribution in [1.82, 2.24) is 4.31 Å². The van der Waals surface area contributed by atoms with Crippen LogP contribution in [0.3, 0.4) is 0 Å². The summed E-state index contributed by atoms with van der Waals surface area (Å²) in [7, 11) is 1.95. The fraction of sp³-hybridized carbons (Fsp3) is 0.278. The van der Waals surface area contributed by atoms with Gasteiger partial charge in [0.2, 0.25) is 10.0 Å². The maximum atomic E-state index is 12.8. The van der Waals surface area contributed by atoms with E-state index in [1.54, 1.807) is 25.3 Å². The van der Waals surface area contributed by atoms with Gasteiger partial charge in [-0.05, 0) is 24.3 Å². The first-order chi connectivity index (χ1) is 12.3. The summed E-state index contributed by atoms with van der Waals surface area (Å²) < 4.78 is 41.9. The van der Waals surface area contributed by atoms with Crippen LogP contribution in [0, 0.1) is 0 Å². The van der Waals surface area contributed by atoms with E-state index in [0.29, 0.717) is 17.1 Å². The van der Waals surface area contributed by atoms with E-state index in [4.69, 9.17) is 9.47 Å². The first kappa shape index (κ1) is 19.7. The molecule has 0 atom stereocenters. The highest BCUT2D eigenvalue weighted by molar-refractivity contribution is 7.89. The number of carbonyl (C=O) groups excluding carboxylic acids is 1. The molecular weight excluding hydrogens is 358 g/mol. The quantitative estimate of drug-likeness (QED) is 0.687. The van der Waals surface area contributed by atoms with Gasteiger partial charge < -0.3 is 14.2 Å². The van der Waals surface area contributed by atoms with Crippen LogP contribution in [-0.2, 0) is 21.3 Å². The van der Waals surface area contributed by atoms with Crippen LogP contribution in [-0.4, -0.2) is 47.1 Å². The third-order valence-electron chi connectivity index (χ3n) is 3.85. The van der Waals surface area contributed by atoms with Gasteiger partial charge in [0, 0.05) is 25.2 Å². The number of methoxy groups -OCH3 is 3. The number of nitrogens with zero attached hydrogens (tertiary/aromatic N) is 1. The first-order valence-electron chi connectivity index (χ1n) is 7.69. The van der Waals surface area contributed by atoms with Crippen molar-refractivity contribution < 1.29 is 27.4 Å². The first-order valence-corrected chi connectivity index (χ1v) is 9.13. The predicted molar refractivity (Wildman–Crippen MR) is 96.0 cm³/mol. The molecule has 0 aromatic heterocycles. The van der Waals surface area contributed by atoms with Crippen molar-refractivity contribution >= 4 is 16.0 Å². The zero-order valence-corrected chi connectivity index (χ0v) is 15.9. The van der Waals surface area contributed by atoms with Crippen LogP contribution in [0.4, 0.5) is 0 Å². The van der Waals surface area contributed by atoms with E-state index in [9.17, 15) is 13.2 Å². The molecule has 2 aromatic carbocycles. The van der Waals surface area contributed by atoms with E-state index in [0.717, 1.165) is 0 Å². The molecule has 0 spiro atoms. The highest BCUT2D eigenvalue weighted by Crippen LogP contribution is 2.27. The Morgan fingerprint density at radius 1 is 1.04 bits per heavy atom. The lowest BCUT2D eigenvalue weighted by atomic mass is 10.2. The van der Waals surface area contributed by atoms with Gasteiger partial charge in [-0.3, -0.25) is 0 Å². The van der Waals surface area contributed by atoms with Crippen LogP contribution in [0.15, 0.2) is 47.4 Å². The van der Waals surface area contributed by atoms with Crippen molar-refractivity contribution in [3.63, 3.8) is 0 Å². The minimum atomic E-state index is -3.80. The van der Waals surface area contributed by atoms with E-state index in [1.165, 1.54) is 49.8 Å². The summed E-state index contributed by atoms with van der Waals surface area (Å²) in [4.78, 5) is 11.6. The van der Waals surface area contributed by atoms with Gasteiger partial charge in [0.25, 0.3) is 0 Å². The molecule has 0 heterocycles. The smallest absolute Gasteiger partial charge is 0.337 e. The Morgan fingerprint density at radius 2 is 1.77 bits per heavy atom. The molecule has 0 saturated carbocycles. The summed E-state index contributed by atoms with van der Waals surface area (Å²) in [6, 6.07) is 10.9. The number of esters is 1. The molecule has 2 aromatic rings. The Bertz CT molecular complexity index is 894. The third-order valence-corrected chi connectivity index (χ3v) is 5.65. The van der Waals surface area contributed by atoms with Gasteiger partial charge in [-0.25, -0.2) is 13.2 Å². The Balaban J connectivity index is 2.31. The molecule has 0 saturated heterocycles. The number of rotatable bonds is 7. The molecule has 7 nitrogen and oxygen atoms in total. The average Bonchev–Trinajstić information content (AvgIpc) is 2.67. The second-order valence-corrected chi connectivity index (χ2v) is 7.50. The van der Waals surface area contributed by atoms with E-state index in [1.807, 2.05) is 0 Å². The lowest BCUT2D eigenvalue weighted by Crippen LogP contribution is -2.27. The molecule has 8 heteroatoms. The molecule has 0 aliphatic heterocycles. The van der Waals surface area contributed by atoms with Crippen molar-refractivity contribution in [2.24, 2.45) is 0 Å². The van der Waals surface area contributed by atoms with Gasteiger partial charge in [0.1, 0.15) is 11.5 Å². The SMILES string of the molecule is COC(=O)c1cccc(S(=O)(=O)N(C)Cc2ccc(OC)cc2OC)c1. The topological polar surface area (TPSA) is 82.1 Å². The van der Waals surface area contributed by atoms with Gasteiger partial charge in [-0.1, -0.05) is 12.1 Å². The normalized spacial score (nSPS) is 11.3. The van der Waals surface area contributed by atoms with Crippen LogP contribution >= 0.6 is 0 Å². The molecule has 0 aliphatic rings. The van der Waals surface area contributed by atoms with Crippen LogP contribution in [0.5, 0.6) is 11.5 Å². The van der Waals surface area contributed by atoms with Crippen LogP contribution in [0.2, 0.25) is 0 Å². The van der Waals surface area contributed by atoms with Crippen LogP contribution in [0.25, 0.3) is 0 Å². The number of ether oxygens (including phenoxy) is 3. The molecule has 26 heavy (non-hydrogen) atoms. The largest absolute Gasteiger partial charge is 0.497 e. The Morgan fingerprint density at radius 3 is 2.38 bits per heavy atom. The van der Waals surface area contributed by atoms with Gasteiger partial charge in [-0.2, -0.15) is 4.31 Å². The second-order valence-electron chi connectivity index (χ2n) is 5.46. The minimum Gasteiger partial charge on any atom is -0.497 e. The zero-order valence-electron chi connectivity index (χ0n) is 15.1. The fourth-order valence-electron chi connectivity index (χ4n) is 2.39. The Kier molecular flexibility index (Phi) is 6.23. The number of hydrogen-bond donors (Lipinski definition) is 0. The lowest BCUT2D eigenvalue weighted by Gasteiger charge is -2.19. The summed E-state index contributed by atoms with van der Waals surface area (Å²) in [6.07, 6.45) is 0. The van der Waals surface area contributed by atoms with Gasteiger partial charge in [-0.15, -0.1) is 0 Å². The molecule has 0 amide bonds. The highest BCUT2D eigenvalue weighted by atomic mass is 32.2. The van der Waals surface area contributed by atoms with Crippen molar-refractivity contribution in [2.75, 3.05) is 28.4 Å². The molecule has 140 valence electrons. The average molecular weight is 379 g/mol. The second kappa shape index (κ2) is 8.20. The zero-order chi connectivity index (χ0) is 19.3. The van der Waals surface area contributed by atoms with E-state index < -0.39 is 16.0 Å². The fourth-order valence-corrected chi connectivity index (χ4v) is 3.58. The summed E-state index contributed by atoms with van der Waals surface area (Å²) >= 11 is 0. The third kappa shape index (κ3) is 4.14. The molecule has 0 unspecified atom stereocenters. The van der Waals surface area contributed by atoms with Crippen molar-refractivity contribution in [3.05, 3.63) is 53.6 Å². The standard InChI is InChI=1S/C18H21NO6S/c1-19(12-14-8-9-15(23-2)11-17(14)24-3)26(21,22)16-7-5-6-13(10-16)18(20)25-4/h5-11H,12H2,1-4H3. The van der Waals surface area contributed by atoms with E-state index >= 15 is 0 Å². The lowest BCUT2D eigenvalue weighted by molar-refractivity contribution is 0.0600. The van der Waals surface area contributed by atoms with E-state index in [2.05, 4.69) is 4.74 Å². The number of hydrogen-bond acceptors (Lipinski definition) is 6. The van der Waals surface area contributed by atoms with Gasteiger partial charge in [0.05, 0.1) is 31.8 Å². The monoisotopic (exact) mass is 379 g/mol. The summed E-state index contributed by atoms with van der Waals surface area (Å²) in [6.45, 7) is 0.0952. The van der Waals surface area contributed by atoms with Crippen molar-refractivity contribution in [2.45, 2.75) is 11.4 Å². The van der Waals surface area contributed by atoms with Gasteiger partial charge >= 0.3 is 5.97 Å². The summed E-state index contributed by atoms with van der Waals surface area (Å²) in [5, 5.41) is 0. The van der Waals surface area contributed by atoms with Crippen molar-refractivity contribution in [1.29, 1.82) is 0 Å². The van der Waals surface area contributed by atoms with Crippen LogP contribution < -0.4 is 9.47 Å². The molecule has 0 bridgehead atoms. The minimum absolute atomic E-state index is 0.00961. The number of sulfonamides is 1. The molecule has 2 rings (SSSR count). The summed E-state index contributed by atoms with van der Waals surface area (Å²) in [5.74, 6) is 0.540. The summed E-state index contributed by atoms with van der Waals surface area (Å²) in [5.41, 5.74) is 0.854. The molecule has 0 fully saturated rings. The Hall–Kier alpha value is -2.58. The molecule has 0 N–H and O–H groups in total. The van der Waals surface area contributed by atoms with Gasteiger partial charge in [0.15, 0.2) is 0 Å². The molecule has 0 radical (unpaired) electrons. The molecule has 0 aliphatic carbocycles. The molecular formula is C18H21NO6S.